The van der Waals surface area contributed by atoms with E-state index in [-0.39, 0.29) is 0 Å². The number of furan rings is 1. The molecule has 0 atom stereocenters. The van der Waals surface area contributed by atoms with Gasteiger partial charge in [0.1, 0.15) is 11.2 Å². The summed E-state index contributed by atoms with van der Waals surface area (Å²) in [5.74, 6) is 0. The summed E-state index contributed by atoms with van der Waals surface area (Å²) >= 11 is 1.85. The maximum absolute atomic E-state index is 6.38. The molecule has 0 bridgehead atoms. The lowest BCUT2D eigenvalue weighted by Crippen LogP contribution is -2.10. The van der Waals surface area contributed by atoms with Crippen molar-refractivity contribution in [2.75, 3.05) is 9.80 Å². The lowest BCUT2D eigenvalue weighted by atomic mass is 10.00. The molecular weight excluding hydrogens is 629 g/mol. The van der Waals surface area contributed by atoms with Crippen LogP contribution in [-0.2, 0) is 0 Å². The SMILES string of the molecule is c1ccc(N(c2ccccc2)c2ccc3sc4cc(N(c5ccccc5)c5ccc6c(c5)oc5ccccc56)c5ccccc5c4c3c2)cc1. The zero-order valence-corrected chi connectivity index (χ0v) is 27.8. The highest BCUT2D eigenvalue weighted by Crippen LogP contribution is 2.48. The van der Waals surface area contributed by atoms with Gasteiger partial charge in [0, 0.05) is 70.8 Å². The van der Waals surface area contributed by atoms with Gasteiger partial charge in [-0.1, -0.05) is 97.1 Å². The van der Waals surface area contributed by atoms with Crippen molar-refractivity contribution in [2.24, 2.45) is 0 Å². The quantitative estimate of drug-likeness (QED) is 0.177. The molecule has 236 valence electrons. The molecule has 0 saturated heterocycles. The molecular formula is C46H30N2OS. The Morgan fingerprint density at radius 2 is 0.880 bits per heavy atom. The number of thiophene rings is 1. The molecule has 0 saturated carbocycles. The molecule has 8 aromatic carbocycles. The van der Waals surface area contributed by atoms with Gasteiger partial charge in [0.15, 0.2) is 0 Å². The first-order valence-electron chi connectivity index (χ1n) is 16.8. The number of fused-ring (bicyclic) bond motifs is 8. The zero-order chi connectivity index (χ0) is 33.0. The molecule has 2 aromatic heterocycles. The normalized spacial score (nSPS) is 11.6. The van der Waals surface area contributed by atoms with Gasteiger partial charge in [0.2, 0.25) is 0 Å². The van der Waals surface area contributed by atoms with Crippen LogP contribution in [0.4, 0.5) is 34.1 Å². The second-order valence-corrected chi connectivity index (χ2v) is 13.6. The van der Waals surface area contributed by atoms with E-state index < -0.39 is 0 Å². The number of para-hydroxylation sites is 4. The van der Waals surface area contributed by atoms with Gasteiger partial charge < -0.3 is 14.2 Å². The number of anilines is 6. The van der Waals surface area contributed by atoms with Crippen LogP contribution in [0.15, 0.2) is 186 Å². The lowest BCUT2D eigenvalue weighted by molar-refractivity contribution is 0.669. The van der Waals surface area contributed by atoms with E-state index in [0.29, 0.717) is 0 Å². The summed E-state index contributed by atoms with van der Waals surface area (Å²) in [5, 5.41) is 7.24. The van der Waals surface area contributed by atoms with E-state index >= 15 is 0 Å². The molecule has 0 radical (unpaired) electrons. The van der Waals surface area contributed by atoms with E-state index in [1.165, 1.54) is 30.9 Å². The number of hydrogen-bond acceptors (Lipinski definition) is 4. The average Bonchev–Trinajstić information content (AvgIpc) is 3.74. The van der Waals surface area contributed by atoms with Crippen molar-refractivity contribution in [1.82, 2.24) is 0 Å². The van der Waals surface area contributed by atoms with E-state index in [1.807, 2.05) is 23.5 Å². The Kier molecular flexibility index (Phi) is 6.68. The van der Waals surface area contributed by atoms with Crippen molar-refractivity contribution in [3.63, 3.8) is 0 Å². The van der Waals surface area contributed by atoms with Gasteiger partial charge in [-0.3, -0.25) is 0 Å². The number of benzene rings is 8. The van der Waals surface area contributed by atoms with Gasteiger partial charge in [-0.25, -0.2) is 0 Å². The average molecular weight is 659 g/mol. The molecule has 3 nitrogen and oxygen atoms in total. The van der Waals surface area contributed by atoms with Crippen molar-refractivity contribution in [2.45, 2.75) is 0 Å². The highest BCUT2D eigenvalue weighted by Gasteiger charge is 2.21. The monoisotopic (exact) mass is 658 g/mol. The standard InChI is InChI=1S/C46H30N2OS/c1-4-14-31(15-5-1)47(32-16-6-2-7-17-32)34-25-27-44-40(28-34)46-39-22-11-10-20-36(39)41(30-45(46)50-44)48(33-18-8-3-9-19-33)35-24-26-38-37-21-12-13-23-42(37)49-43(38)29-35/h1-30H. The summed E-state index contributed by atoms with van der Waals surface area (Å²) < 4.78 is 8.90. The van der Waals surface area contributed by atoms with Crippen LogP contribution < -0.4 is 9.80 Å². The van der Waals surface area contributed by atoms with E-state index in [1.54, 1.807) is 0 Å². The van der Waals surface area contributed by atoms with Crippen molar-refractivity contribution < 1.29 is 4.42 Å². The molecule has 0 spiro atoms. The predicted molar refractivity (Wildman–Crippen MR) is 213 cm³/mol. The molecule has 0 aliphatic carbocycles. The van der Waals surface area contributed by atoms with Crippen LogP contribution in [-0.4, -0.2) is 0 Å². The third-order valence-corrected chi connectivity index (χ3v) is 10.7. The Labute approximate surface area is 293 Å². The Morgan fingerprint density at radius 3 is 1.58 bits per heavy atom. The first-order valence-corrected chi connectivity index (χ1v) is 17.7. The summed E-state index contributed by atoms with van der Waals surface area (Å²) in [6.07, 6.45) is 0. The Bertz CT molecular complexity index is 2780. The maximum Gasteiger partial charge on any atom is 0.137 e. The van der Waals surface area contributed by atoms with E-state index in [2.05, 4.69) is 180 Å². The van der Waals surface area contributed by atoms with Crippen molar-refractivity contribution >= 4 is 98.3 Å². The molecule has 0 unspecified atom stereocenters. The van der Waals surface area contributed by atoms with Gasteiger partial charge >= 0.3 is 0 Å². The minimum atomic E-state index is 0.880. The van der Waals surface area contributed by atoms with E-state index in [4.69, 9.17) is 4.42 Å². The van der Waals surface area contributed by atoms with Gasteiger partial charge in [0.05, 0.1) is 5.69 Å². The van der Waals surface area contributed by atoms with Crippen LogP contribution in [0, 0.1) is 0 Å². The van der Waals surface area contributed by atoms with Crippen LogP contribution in [0.25, 0.3) is 52.9 Å². The van der Waals surface area contributed by atoms with E-state index in [9.17, 15) is 0 Å². The summed E-state index contributed by atoms with van der Waals surface area (Å²) in [6.45, 7) is 0. The fourth-order valence-corrected chi connectivity index (χ4v) is 8.53. The van der Waals surface area contributed by atoms with Crippen LogP contribution >= 0.6 is 11.3 Å². The van der Waals surface area contributed by atoms with Crippen LogP contribution in [0.1, 0.15) is 0 Å². The first-order chi connectivity index (χ1) is 24.8. The first kappa shape index (κ1) is 28.6. The number of rotatable bonds is 6. The molecule has 10 rings (SSSR count). The highest BCUT2D eigenvalue weighted by atomic mass is 32.1. The molecule has 0 fully saturated rings. The fourth-order valence-electron chi connectivity index (χ4n) is 7.39. The van der Waals surface area contributed by atoms with Gasteiger partial charge in [-0.15, -0.1) is 11.3 Å². The Morgan fingerprint density at radius 1 is 0.340 bits per heavy atom. The summed E-state index contributed by atoms with van der Waals surface area (Å²) in [4.78, 5) is 4.71. The predicted octanol–water partition coefficient (Wildman–Crippen LogP) is 14.0. The molecule has 2 heterocycles. The van der Waals surface area contributed by atoms with Crippen LogP contribution in [0.3, 0.4) is 0 Å². The topological polar surface area (TPSA) is 19.6 Å². The number of nitrogens with zero attached hydrogens (tertiary/aromatic N) is 2. The molecule has 0 aliphatic heterocycles. The Balaban J connectivity index is 1.20. The molecule has 10 aromatic rings. The Hall–Kier alpha value is -6.36. The lowest BCUT2D eigenvalue weighted by Gasteiger charge is -2.27. The highest BCUT2D eigenvalue weighted by molar-refractivity contribution is 7.26. The minimum Gasteiger partial charge on any atom is -0.456 e. The van der Waals surface area contributed by atoms with Crippen LogP contribution in [0.2, 0.25) is 0 Å². The zero-order valence-electron chi connectivity index (χ0n) is 27.0. The van der Waals surface area contributed by atoms with Crippen molar-refractivity contribution in [1.29, 1.82) is 0 Å². The second-order valence-electron chi connectivity index (χ2n) is 12.6. The fraction of sp³-hybridized carbons (Fsp3) is 0. The maximum atomic E-state index is 6.38. The van der Waals surface area contributed by atoms with E-state index in [0.717, 1.165) is 56.1 Å². The van der Waals surface area contributed by atoms with Gasteiger partial charge in [0.25, 0.3) is 0 Å². The third kappa shape index (κ3) is 4.65. The summed E-state index contributed by atoms with van der Waals surface area (Å²) in [7, 11) is 0. The molecule has 0 aliphatic rings. The molecule has 4 heteroatoms. The molecule has 50 heavy (non-hydrogen) atoms. The van der Waals surface area contributed by atoms with Crippen molar-refractivity contribution in [3.05, 3.63) is 182 Å². The third-order valence-electron chi connectivity index (χ3n) is 9.60. The number of hydrogen-bond donors (Lipinski definition) is 0. The van der Waals surface area contributed by atoms with Gasteiger partial charge in [-0.05, 0) is 84.2 Å². The van der Waals surface area contributed by atoms with Crippen molar-refractivity contribution in [3.8, 4) is 0 Å². The molecule has 0 N–H and O–H groups in total. The molecule has 0 amide bonds. The smallest absolute Gasteiger partial charge is 0.137 e. The minimum absolute atomic E-state index is 0.880. The van der Waals surface area contributed by atoms with Gasteiger partial charge in [-0.2, -0.15) is 0 Å². The summed E-state index contributed by atoms with van der Waals surface area (Å²) in [6, 6.07) is 64.8. The van der Waals surface area contributed by atoms with Crippen LogP contribution in [0.5, 0.6) is 0 Å². The largest absolute Gasteiger partial charge is 0.456 e. The second kappa shape index (κ2) is 11.7. The summed E-state index contributed by atoms with van der Waals surface area (Å²) in [5.41, 5.74) is 8.46.